The van der Waals surface area contributed by atoms with Crippen LogP contribution in [-0.2, 0) is 9.47 Å². The van der Waals surface area contributed by atoms with E-state index in [4.69, 9.17) is 4.74 Å². The summed E-state index contributed by atoms with van der Waals surface area (Å²) in [5.74, 6) is 0. The number of fused-ring (bicyclic) bond motifs is 1. The Balaban J connectivity index is 2.14. The van der Waals surface area contributed by atoms with Gasteiger partial charge in [0.2, 0.25) is 0 Å². The number of anilines is 1. The highest BCUT2D eigenvalue weighted by molar-refractivity contribution is 5.63. The van der Waals surface area contributed by atoms with Crippen molar-refractivity contribution in [2.45, 2.75) is 6.10 Å². The SMILES string of the molecule is COC(=O)OC1CNc2ccccc21. The number of rotatable bonds is 1. The molecular formula is C10H11NO3. The third-order valence-electron chi connectivity index (χ3n) is 2.19. The first-order chi connectivity index (χ1) is 6.81. The highest BCUT2D eigenvalue weighted by atomic mass is 16.7. The van der Waals surface area contributed by atoms with Crippen LogP contribution in [-0.4, -0.2) is 19.8 Å². The molecule has 0 bridgehead atoms. The molecule has 14 heavy (non-hydrogen) atoms. The second-order valence-electron chi connectivity index (χ2n) is 3.03. The maximum atomic E-state index is 10.9. The van der Waals surface area contributed by atoms with Crippen LogP contribution in [0.3, 0.4) is 0 Å². The normalized spacial score (nSPS) is 18.2. The summed E-state index contributed by atoms with van der Waals surface area (Å²) < 4.78 is 9.50. The molecular weight excluding hydrogens is 182 g/mol. The first kappa shape index (κ1) is 8.87. The topological polar surface area (TPSA) is 47.6 Å². The maximum absolute atomic E-state index is 10.9. The van der Waals surface area contributed by atoms with Gasteiger partial charge in [-0.15, -0.1) is 0 Å². The van der Waals surface area contributed by atoms with Crippen molar-refractivity contribution in [3.8, 4) is 0 Å². The summed E-state index contributed by atoms with van der Waals surface area (Å²) in [5, 5.41) is 3.15. The van der Waals surface area contributed by atoms with Crippen LogP contribution in [0.15, 0.2) is 24.3 Å². The van der Waals surface area contributed by atoms with E-state index in [-0.39, 0.29) is 6.10 Å². The summed E-state index contributed by atoms with van der Waals surface area (Å²) in [5.41, 5.74) is 2.01. The van der Waals surface area contributed by atoms with Crippen molar-refractivity contribution in [2.75, 3.05) is 19.0 Å². The van der Waals surface area contributed by atoms with E-state index in [1.807, 2.05) is 24.3 Å². The zero-order valence-corrected chi connectivity index (χ0v) is 7.82. The van der Waals surface area contributed by atoms with Gasteiger partial charge >= 0.3 is 6.16 Å². The van der Waals surface area contributed by atoms with Crippen molar-refractivity contribution < 1.29 is 14.3 Å². The predicted molar refractivity (Wildman–Crippen MR) is 51.2 cm³/mol. The molecule has 1 aliphatic heterocycles. The van der Waals surface area contributed by atoms with Gasteiger partial charge in [-0.3, -0.25) is 0 Å². The molecule has 2 rings (SSSR count). The van der Waals surface area contributed by atoms with Crippen LogP contribution in [0.2, 0.25) is 0 Å². The molecule has 0 saturated carbocycles. The van der Waals surface area contributed by atoms with Gasteiger partial charge in [0.1, 0.15) is 6.10 Å². The molecule has 4 nitrogen and oxygen atoms in total. The number of para-hydroxylation sites is 1. The summed E-state index contributed by atoms with van der Waals surface area (Å²) in [6, 6.07) is 7.74. The first-order valence-electron chi connectivity index (χ1n) is 4.38. The number of benzene rings is 1. The summed E-state index contributed by atoms with van der Waals surface area (Å²) in [4.78, 5) is 10.9. The maximum Gasteiger partial charge on any atom is 0.508 e. The molecule has 1 aromatic carbocycles. The van der Waals surface area contributed by atoms with Gasteiger partial charge in [-0.25, -0.2) is 4.79 Å². The third kappa shape index (κ3) is 1.51. The van der Waals surface area contributed by atoms with E-state index >= 15 is 0 Å². The van der Waals surface area contributed by atoms with Gasteiger partial charge in [0.25, 0.3) is 0 Å². The van der Waals surface area contributed by atoms with E-state index in [0.29, 0.717) is 6.54 Å². The molecule has 1 N–H and O–H groups in total. The molecule has 1 unspecified atom stereocenters. The number of nitrogens with one attached hydrogen (secondary N) is 1. The van der Waals surface area contributed by atoms with Gasteiger partial charge in [0, 0.05) is 11.3 Å². The molecule has 1 aromatic rings. The Labute approximate surface area is 81.8 Å². The van der Waals surface area contributed by atoms with E-state index in [9.17, 15) is 4.79 Å². The summed E-state index contributed by atoms with van der Waals surface area (Å²) in [6.45, 7) is 0.606. The monoisotopic (exact) mass is 193 g/mol. The quantitative estimate of drug-likeness (QED) is 0.692. The summed E-state index contributed by atoms with van der Waals surface area (Å²) in [6.07, 6.45) is -0.882. The third-order valence-corrected chi connectivity index (χ3v) is 2.19. The van der Waals surface area contributed by atoms with Gasteiger partial charge in [-0.05, 0) is 6.07 Å². The lowest BCUT2D eigenvalue weighted by atomic mass is 10.1. The molecule has 1 atom stereocenters. The fourth-order valence-corrected chi connectivity index (χ4v) is 1.52. The zero-order chi connectivity index (χ0) is 9.97. The molecule has 0 spiro atoms. The molecule has 0 saturated heterocycles. The first-order valence-corrected chi connectivity index (χ1v) is 4.38. The average molecular weight is 193 g/mol. The van der Waals surface area contributed by atoms with Crippen molar-refractivity contribution in [3.63, 3.8) is 0 Å². The highest BCUT2D eigenvalue weighted by Gasteiger charge is 2.25. The molecule has 4 heteroatoms. The Morgan fingerprint density at radius 1 is 1.50 bits per heavy atom. The van der Waals surface area contributed by atoms with E-state index in [1.165, 1.54) is 7.11 Å². The Morgan fingerprint density at radius 2 is 2.29 bits per heavy atom. The standard InChI is InChI=1S/C10H11NO3/c1-13-10(12)14-9-6-11-8-5-3-2-4-7(8)9/h2-5,9,11H,6H2,1H3. The predicted octanol–water partition coefficient (Wildman–Crippen LogP) is 1.94. The van der Waals surface area contributed by atoms with Crippen molar-refractivity contribution in [3.05, 3.63) is 29.8 Å². The van der Waals surface area contributed by atoms with Crippen LogP contribution in [0.4, 0.5) is 10.5 Å². The van der Waals surface area contributed by atoms with Crippen LogP contribution in [0.1, 0.15) is 11.7 Å². The lowest BCUT2D eigenvalue weighted by Gasteiger charge is -2.10. The minimum atomic E-state index is -0.645. The summed E-state index contributed by atoms with van der Waals surface area (Å²) in [7, 11) is 1.30. The van der Waals surface area contributed by atoms with Crippen molar-refractivity contribution in [2.24, 2.45) is 0 Å². The Bertz CT molecular complexity index is 351. The number of carbonyl (C=O) groups excluding carboxylic acids is 1. The molecule has 0 amide bonds. The number of carbonyl (C=O) groups is 1. The molecule has 1 heterocycles. The number of hydrogen-bond acceptors (Lipinski definition) is 4. The molecule has 0 aliphatic carbocycles. The smallest absolute Gasteiger partial charge is 0.438 e. The van der Waals surface area contributed by atoms with E-state index in [1.54, 1.807) is 0 Å². The highest BCUT2D eigenvalue weighted by Crippen LogP contribution is 2.31. The largest absolute Gasteiger partial charge is 0.508 e. The number of methoxy groups -OCH3 is 1. The molecule has 74 valence electrons. The molecule has 0 fully saturated rings. The second-order valence-corrected chi connectivity index (χ2v) is 3.03. The van der Waals surface area contributed by atoms with E-state index < -0.39 is 6.16 Å². The van der Waals surface area contributed by atoms with Gasteiger partial charge in [0.05, 0.1) is 13.7 Å². The lowest BCUT2D eigenvalue weighted by Crippen LogP contribution is -2.12. The summed E-state index contributed by atoms with van der Waals surface area (Å²) >= 11 is 0. The Kier molecular flexibility index (Phi) is 2.26. The van der Waals surface area contributed by atoms with Gasteiger partial charge in [-0.2, -0.15) is 0 Å². The number of hydrogen-bond donors (Lipinski definition) is 1. The van der Waals surface area contributed by atoms with E-state index in [0.717, 1.165) is 11.3 Å². The van der Waals surface area contributed by atoms with Crippen LogP contribution in [0, 0.1) is 0 Å². The van der Waals surface area contributed by atoms with Gasteiger partial charge in [-0.1, -0.05) is 18.2 Å². The fourth-order valence-electron chi connectivity index (χ4n) is 1.52. The van der Waals surface area contributed by atoms with Gasteiger partial charge in [0.15, 0.2) is 0 Å². The van der Waals surface area contributed by atoms with Crippen LogP contribution in [0.5, 0.6) is 0 Å². The zero-order valence-electron chi connectivity index (χ0n) is 7.82. The lowest BCUT2D eigenvalue weighted by molar-refractivity contribution is 0.0432. The molecule has 0 radical (unpaired) electrons. The minimum absolute atomic E-state index is 0.237. The van der Waals surface area contributed by atoms with Crippen molar-refractivity contribution >= 4 is 11.8 Å². The van der Waals surface area contributed by atoms with Crippen LogP contribution in [0.25, 0.3) is 0 Å². The van der Waals surface area contributed by atoms with Crippen LogP contribution < -0.4 is 5.32 Å². The molecule has 0 aromatic heterocycles. The van der Waals surface area contributed by atoms with Crippen molar-refractivity contribution in [1.82, 2.24) is 0 Å². The Hall–Kier alpha value is -1.71. The van der Waals surface area contributed by atoms with Crippen LogP contribution >= 0.6 is 0 Å². The Morgan fingerprint density at radius 3 is 3.07 bits per heavy atom. The number of ether oxygens (including phenoxy) is 2. The minimum Gasteiger partial charge on any atom is -0.438 e. The fraction of sp³-hybridized carbons (Fsp3) is 0.300. The average Bonchev–Trinajstić information content (AvgIpc) is 2.62. The van der Waals surface area contributed by atoms with E-state index in [2.05, 4.69) is 10.1 Å². The second kappa shape index (κ2) is 3.57. The molecule has 1 aliphatic rings. The van der Waals surface area contributed by atoms with Crippen molar-refractivity contribution in [1.29, 1.82) is 0 Å². The van der Waals surface area contributed by atoms with Gasteiger partial charge < -0.3 is 14.8 Å².